The van der Waals surface area contributed by atoms with Gasteiger partial charge in [0, 0.05) is 0 Å². The van der Waals surface area contributed by atoms with Gasteiger partial charge in [-0.3, -0.25) is 0 Å². The van der Waals surface area contributed by atoms with Crippen molar-refractivity contribution >= 4 is 41.7 Å². The molecule has 0 atom stereocenters. The molecular formula is C12H18ClO4Tl. The second-order valence-corrected chi connectivity index (χ2v) is 17.4. The zero-order valence-corrected chi connectivity index (χ0v) is 16.8. The van der Waals surface area contributed by atoms with Crippen LogP contribution < -0.4 is 0 Å². The van der Waals surface area contributed by atoms with E-state index in [-0.39, 0.29) is 11.9 Å². The normalized spacial score (nSPS) is 13.3. The van der Waals surface area contributed by atoms with Crippen LogP contribution in [0, 0.1) is 0 Å². The van der Waals surface area contributed by atoms with Crippen LogP contribution in [0.2, 0.25) is 0 Å². The Morgan fingerprint density at radius 3 is 1.28 bits per heavy atom. The van der Waals surface area contributed by atoms with Crippen LogP contribution in [0.25, 0.3) is 0 Å². The Hall–Kier alpha value is -0.368. The molecule has 0 aromatic carbocycles. The molecule has 0 aliphatic carbocycles. The van der Waals surface area contributed by atoms with Gasteiger partial charge < -0.3 is 0 Å². The second kappa shape index (κ2) is 7.93. The molecule has 0 unspecified atom stereocenters. The summed E-state index contributed by atoms with van der Waals surface area (Å²) in [6.07, 6.45) is 0. The molecule has 0 aliphatic heterocycles. The van der Waals surface area contributed by atoms with E-state index < -0.39 is 21.5 Å². The molecule has 0 heterocycles. The van der Waals surface area contributed by atoms with Gasteiger partial charge in [-0.15, -0.1) is 0 Å². The zero-order chi connectivity index (χ0) is 14.5. The van der Waals surface area contributed by atoms with Crippen LogP contribution in [-0.4, -0.2) is 33.4 Å². The van der Waals surface area contributed by atoms with Crippen molar-refractivity contribution in [2.45, 2.75) is 41.5 Å². The minimum atomic E-state index is -2.83. The molecule has 0 N–H and O–H groups in total. The Balaban J connectivity index is 5.09. The first-order valence-corrected chi connectivity index (χ1v) is 15.5. The molecule has 6 heteroatoms. The topological polar surface area (TPSA) is 52.6 Å². The van der Waals surface area contributed by atoms with E-state index in [1.807, 2.05) is 13.8 Å². The van der Waals surface area contributed by atoms with Gasteiger partial charge in [-0.25, -0.2) is 0 Å². The number of esters is 2. The van der Waals surface area contributed by atoms with Crippen molar-refractivity contribution in [3.8, 4) is 0 Å². The monoisotopic (exact) mass is 466 g/mol. The molecule has 0 spiro atoms. The van der Waals surface area contributed by atoms with Crippen molar-refractivity contribution in [1.82, 2.24) is 0 Å². The van der Waals surface area contributed by atoms with Crippen molar-refractivity contribution in [3.63, 3.8) is 0 Å². The van der Waals surface area contributed by atoms with E-state index in [1.54, 1.807) is 13.8 Å². The molecule has 100 valence electrons. The van der Waals surface area contributed by atoms with E-state index in [4.69, 9.17) is 17.8 Å². The van der Waals surface area contributed by atoms with Crippen LogP contribution in [0.3, 0.4) is 0 Å². The van der Waals surface area contributed by atoms with Crippen LogP contribution in [0.5, 0.6) is 0 Å². The van der Waals surface area contributed by atoms with Crippen molar-refractivity contribution in [1.29, 1.82) is 0 Å². The quantitative estimate of drug-likeness (QED) is 0.364. The molecule has 4 nitrogen and oxygen atoms in total. The third-order valence-electron chi connectivity index (χ3n) is 2.46. The molecular weight excluding hydrogens is 448 g/mol. The molecule has 0 aliphatic rings. The van der Waals surface area contributed by atoms with Crippen molar-refractivity contribution in [3.05, 3.63) is 17.8 Å². The standard InChI is InChI=1S/2C6H9O2.ClH.Tl/c2*1-4-5(2)8-6(3)7;;/h2*1-3H3;1H;/q;;;+1/p-1. The Morgan fingerprint density at radius 2 is 1.06 bits per heavy atom. The summed E-state index contributed by atoms with van der Waals surface area (Å²) in [5, 5.41) is 0. The van der Waals surface area contributed by atoms with Gasteiger partial charge in [0.05, 0.1) is 0 Å². The van der Waals surface area contributed by atoms with Gasteiger partial charge in [0.2, 0.25) is 0 Å². The summed E-state index contributed by atoms with van der Waals surface area (Å²) in [6.45, 7) is 9.87. The Morgan fingerprint density at radius 1 is 0.778 bits per heavy atom. The summed E-state index contributed by atoms with van der Waals surface area (Å²) in [5.74, 6) is 0.392. The van der Waals surface area contributed by atoms with E-state index in [9.17, 15) is 9.59 Å². The van der Waals surface area contributed by atoms with Gasteiger partial charge in [-0.1, -0.05) is 0 Å². The van der Waals surface area contributed by atoms with Crippen molar-refractivity contribution in [2.75, 3.05) is 0 Å². The third-order valence-corrected chi connectivity index (χ3v) is 17.3. The van der Waals surface area contributed by atoms with Gasteiger partial charge in [0.25, 0.3) is 0 Å². The second-order valence-electron chi connectivity index (χ2n) is 4.03. The van der Waals surface area contributed by atoms with Gasteiger partial charge in [0.1, 0.15) is 0 Å². The molecule has 0 aromatic rings. The Labute approximate surface area is 120 Å². The van der Waals surface area contributed by atoms with E-state index >= 15 is 0 Å². The average Bonchev–Trinajstić information content (AvgIpc) is 2.24. The fourth-order valence-corrected chi connectivity index (χ4v) is 9.73. The molecule has 18 heavy (non-hydrogen) atoms. The van der Waals surface area contributed by atoms with Gasteiger partial charge in [-0.05, 0) is 0 Å². The molecule has 0 rings (SSSR count). The Bertz CT molecular complexity index is 374. The summed E-state index contributed by atoms with van der Waals surface area (Å²) in [5.41, 5.74) is 0. The van der Waals surface area contributed by atoms with E-state index in [0.717, 1.165) is 6.26 Å². The Kier molecular flexibility index (Phi) is 7.77. The molecule has 0 saturated carbocycles. The zero-order valence-electron chi connectivity index (χ0n) is 11.6. The average molecular weight is 466 g/mol. The molecule has 0 radical (unpaired) electrons. The first kappa shape index (κ1) is 17.6. The molecule has 0 amide bonds. The number of hydrogen-bond donors (Lipinski definition) is 0. The summed E-state index contributed by atoms with van der Waals surface area (Å²) >= 11 is -2.83. The molecule has 0 aromatic heterocycles. The SMILES string of the molecule is CC(=O)OC(C)=[C](C)[Tl]([Cl])[C](C)=C(C)OC(C)=O. The molecule has 0 bridgehead atoms. The first-order valence-electron chi connectivity index (χ1n) is 5.52. The fourth-order valence-electron chi connectivity index (χ4n) is 1.27. The summed E-state index contributed by atoms with van der Waals surface area (Å²) in [4.78, 5) is 21.7. The summed E-state index contributed by atoms with van der Waals surface area (Å²) in [7, 11) is 6.46. The van der Waals surface area contributed by atoms with Crippen molar-refractivity contribution < 1.29 is 19.1 Å². The van der Waals surface area contributed by atoms with E-state index in [1.165, 1.54) is 13.8 Å². The number of halogens is 1. The fraction of sp³-hybridized carbons (Fsp3) is 0.500. The summed E-state index contributed by atoms with van der Waals surface area (Å²) < 4.78 is 11.9. The molecule has 0 saturated heterocycles. The first-order chi connectivity index (χ1) is 8.16. The predicted octanol–water partition coefficient (Wildman–Crippen LogP) is 3.01. The summed E-state index contributed by atoms with van der Waals surface area (Å²) in [6, 6.07) is 0. The van der Waals surface area contributed by atoms with Gasteiger partial charge in [0.15, 0.2) is 0 Å². The predicted molar refractivity (Wildman–Crippen MR) is 71.9 cm³/mol. The van der Waals surface area contributed by atoms with Gasteiger partial charge >= 0.3 is 120 Å². The minimum absolute atomic E-state index is 0.359. The number of carbonyl (C=O) groups excluding carboxylic acids is 2. The number of allylic oxidation sites excluding steroid dienone is 4. The number of hydrogen-bond acceptors (Lipinski definition) is 4. The van der Waals surface area contributed by atoms with Crippen LogP contribution in [0.15, 0.2) is 17.8 Å². The maximum atomic E-state index is 10.9. The molecule has 0 fully saturated rings. The van der Waals surface area contributed by atoms with Crippen LogP contribution in [-0.2, 0) is 19.1 Å². The third kappa shape index (κ3) is 5.99. The van der Waals surface area contributed by atoms with Crippen LogP contribution in [0.4, 0.5) is 0 Å². The number of rotatable bonds is 4. The van der Waals surface area contributed by atoms with Crippen LogP contribution >= 0.6 is 8.32 Å². The maximum absolute atomic E-state index is 10.9. The van der Waals surface area contributed by atoms with E-state index in [2.05, 4.69) is 0 Å². The number of ether oxygens (including phenoxy) is 2. The van der Waals surface area contributed by atoms with Gasteiger partial charge in [-0.2, -0.15) is 0 Å². The number of carbonyl (C=O) groups is 2. The van der Waals surface area contributed by atoms with Crippen molar-refractivity contribution in [2.24, 2.45) is 0 Å². The van der Waals surface area contributed by atoms with Crippen LogP contribution in [0.1, 0.15) is 41.5 Å². The van der Waals surface area contributed by atoms with E-state index in [0.29, 0.717) is 11.5 Å².